The minimum atomic E-state index is -0.0993. The number of ether oxygens (including phenoxy) is 1. The molecular formula is C15H25NO. The highest BCUT2D eigenvalue weighted by atomic mass is 16.5. The molecule has 0 aliphatic heterocycles. The quantitative estimate of drug-likeness (QED) is 0.848. The van der Waals surface area contributed by atoms with Crippen LogP contribution in [0.15, 0.2) is 18.2 Å². The highest BCUT2D eigenvalue weighted by molar-refractivity contribution is 5.39. The second-order valence-electron chi connectivity index (χ2n) is 5.72. The SMILES string of the molecule is COc1ccc(CCC(C)(C)N)cc1C(C)C. The largest absolute Gasteiger partial charge is 0.496 e. The normalized spacial score (nSPS) is 11.9. The Morgan fingerprint density at radius 2 is 1.94 bits per heavy atom. The smallest absolute Gasteiger partial charge is 0.122 e. The van der Waals surface area contributed by atoms with Crippen LogP contribution in [0.4, 0.5) is 0 Å². The topological polar surface area (TPSA) is 35.2 Å². The van der Waals surface area contributed by atoms with Gasteiger partial charge in [0.1, 0.15) is 5.75 Å². The Bertz CT molecular complexity index is 364. The summed E-state index contributed by atoms with van der Waals surface area (Å²) in [4.78, 5) is 0. The minimum Gasteiger partial charge on any atom is -0.496 e. The fourth-order valence-corrected chi connectivity index (χ4v) is 1.86. The molecule has 1 aromatic rings. The van der Waals surface area contributed by atoms with Gasteiger partial charge in [0.25, 0.3) is 0 Å². The molecule has 0 fully saturated rings. The van der Waals surface area contributed by atoms with Crippen molar-refractivity contribution >= 4 is 0 Å². The average Bonchev–Trinajstić information content (AvgIpc) is 2.25. The second kappa shape index (κ2) is 5.54. The van der Waals surface area contributed by atoms with E-state index in [0.29, 0.717) is 5.92 Å². The van der Waals surface area contributed by atoms with Crippen molar-refractivity contribution in [1.29, 1.82) is 0 Å². The van der Waals surface area contributed by atoms with Crippen molar-refractivity contribution in [3.05, 3.63) is 29.3 Å². The van der Waals surface area contributed by atoms with Gasteiger partial charge in [-0.3, -0.25) is 0 Å². The van der Waals surface area contributed by atoms with Crippen LogP contribution in [0.1, 0.15) is 51.2 Å². The molecule has 0 heterocycles. The molecule has 17 heavy (non-hydrogen) atoms. The van der Waals surface area contributed by atoms with Crippen LogP contribution in [-0.2, 0) is 6.42 Å². The van der Waals surface area contributed by atoms with Gasteiger partial charge >= 0.3 is 0 Å². The van der Waals surface area contributed by atoms with E-state index < -0.39 is 0 Å². The van der Waals surface area contributed by atoms with Gasteiger partial charge in [-0.05, 0) is 49.8 Å². The predicted molar refractivity (Wildman–Crippen MR) is 73.7 cm³/mol. The zero-order valence-electron chi connectivity index (χ0n) is 11.7. The molecule has 0 unspecified atom stereocenters. The van der Waals surface area contributed by atoms with E-state index in [9.17, 15) is 0 Å². The van der Waals surface area contributed by atoms with E-state index in [4.69, 9.17) is 10.5 Å². The highest BCUT2D eigenvalue weighted by Gasteiger charge is 2.12. The summed E-state index contributed by atoms with van der Waals surface area (Å²) >= 11 is 0. The molecule has 2 heteroatoms. The van der Waals surface area contributed by atoms with Crippen LogP contribution >= 0.6 is 0 Å². The van der Waals surface area contributed by atoms with Crippen LogP contribution in [0.2, 0.25) is 0 Å². The first-order chi connectivity index (χ1) is 7.83. The molecule has 0 aromatic heterocycles. The number of benzene rings is 1. The first-order valence-electron chi connectivity index (χ1n) is 6.29. The second-order valence-corrected chi connectivity index (χ2v) is 5.72. The van der Waals surface area contributed by atoms with E-state index in [1.807, 2.05) is 0 Å². The summed E-state index contributed by atoms with van der Waals surface area (Å²) in [6, 6.07) is 6.44. The number of rotatable bonds is 5. The third-order valence-electron chi connectivity index (χ3n) is 2.97. The molecule has 1 aromatic carbocycles. The maximum Gasteiger partial charge on any atom is 0.122 e. The van der Waals surface area contributed by atoms with E-state index in [-0.39, 0.29) is 5.54 Å². The molecule has 0 radical (unpaired) electrons. The average molecular weight is 235 g/mol. The van der Waals surface area contributed by atoms with Crippen molar-refractivity contribution in [2.75, 3.05) is 7.11 Å². The zero-order chi connectivity index (χ0) is 13.1. The van der Waals surface area contributed by atoms with Crippen molar-refractivity contribution < 1.29 is 4.74 Å². The third kappa shape index (κ3) is 4.39. The molecule has 96 valence electrons. The van der Waals surface area contributed by atoms with Crippen LogP contribution in [0, 0.1) is 0 Å². The predicted octanol–water partition coefficient (Wildman–Crippen LogP) is 3.49. The number of hydrogen-bond acceptors (Lipinski definition) is 2. The van der Waals surface area contributed by atoms with E-state index >= 15 is 0 Å². The Kier molecular flexibility index (Phi) is 4.58. The number of aryl methyl sites for hydroxylation is 1. The standard InChI is InChI=1S/C15H25NO/c1-11(2)13-10-12(6-7-14(13)17-5)8-9-15(3,4)16/h6-7,10-11H,8-9,16H2,1-5H3. The van der Waals surface area contributed by atoms with Crippen LogP contribution in [0.25, 0.3) is 0 Å². The van der Waals surface area contributed by atoms with E-state index in [0.717, 1.165) is 18.6 Å². The summed E-state index contributed by atoms with van der Waals surface area (Å²) in [5, 5.41) is 0. The summed E-state index contributed by atoms with van der Waals surface area (Å²) in [6.07, 6.45) is 2.02. The van der Waals surface area contributed by atoms with Gasteiger partial charge < -0.3 is 10.5 Å². The molecule has 0 atom stereocenters. The van der Waals surface area contributed by atoms with Crippen molar-refractivity contribution in [2.24, 2.45) is 5.73 Å². The Morgan fingerprint density at radius 3 is 2.41 bits per heavy atom. The van der Waals surface area contributed by atoms with Gasteiger partial charge in [-0.1, -0.05) is 26.0 Å². The zero-order valence-corrected chi connectivity index (χ0v) is 11.7. The molecular weight excluding hydrogens is 210 g/mol. The van der Waals surface area contributed by atoms with Crippen molar-refractivity contribution in [1.82, 2.24) is 0 Å². The van der Waals surface area contributed by atoms with Gasteiger partial charge in [0.05, 0.1) is 7.11 Å². The maximum atomic E-state index is 6.01. The summed E-state index contributed by atoms with van der Waals surface area (Å²) < 4.78 is 5.38. The van der Waals surface area contributed by atoms with Gasteiger partial charge in [0.2, 0.25) is 0 Å². The number of methoxy groups -OCH3 is 1. The summed E-state index contributed by atoms with van der Waals surface area (Å²) in [5.41, 5.74) is 8.53. The molecule has 0 bridgehead atoms. The first kappa shape index (κ1) is 14.0. The summed E-state index contributed by atoms with van der Waals surface area (Å²) in [6.45, 7) is 8.52. The van der Waals surface area contributed by atoms with E-state index in [2.05, 4.69) is 45.9 Å². The van der Waals surface area contributed by atoms with Crippen molar-refractivity contribution in [2.45, 2.75) is 52.0 Å². The molecule has 1 rings (SSSR count). The molecule has 0 aliphatic carbocycles. The summed E-state index contributed by atoms with van der Waals surface area (Å²) in [7, 11) is 1.73. The van der Waals surface area contributed by atoms with Gasteiger partial charge in [0, 0.05) is 5.54 Å². The molecule has 0 aliphatic rings. The van der Waals surface area contributed by atoms with E-state index in [1.54, 1.807) is 7.11 Å². The van der Waals surface area contributed by atoms with Crippen LogP contribution < -0.4 is 10.5 Å². The monoisotopic (exact) mass is 235 g/mol. The summed E-state index contributed by atoms with van der Waals surface area (Å²) in [5.74, 6) is 1.46. The van der Waals surface area contributed by atoms with Crippen molar-refractivity contribution in [3.8, 4) is 5.75 Å². The molecule has 2 nitrogen and oxygen atoms in total. The fourth-order valence-electron chi connectivity index (χ4n) is 1.86. The highest BCUT2D eigenvalue weighted by Crippen LogP contribution is 2.28. The van der Waals surface area contributed by atoms with Crippen molar-refractivity contribution in [3.63, 3.8) is 0 Å². The Morgan fingerprint density at radius 1 is 1.29 bits per heavy atom. The van der Waals surface area contributed by atoms with Crippen LogP contribution in [0.5, 0.6) is 5.75 Å². The van der Waals surface area contributed by atoms with Crippen LogP contribution in [-0.4, -0.2) is 12.6 Å². The molecule has 2 N–H and O–H groups in total. The minimum absolute atomic E-state index is 0.0993. The third-order valence-corrected chi connectivity index (χ3v) is 2.97. The number of nitrogens with two attached hydrogens (primary N) is 1. The van der Waals surface area contributed by atoms with Crippen LogP contribution in [0.3, 0.4) is 0 Å². The maximum absolute atomic E-state index is 6.01. The van der Waals surface area contributed by atoms with Gasteiger partial charge in [0.15, 0.2) is 0 Å². The van der Waals surface area contributed by atoms with Gasteiger partial charge in [-0.2, -0.15) is 0 Å². The first-order valence-corrected chi connectivity index (χ1v) is 6.29. The molecule has 0 spiro atoms. The molecule has 0 saturated heterocycles. The lowest BCUT2D eigenvalue weighted by Crippen LogP contribution is -2.32. The lowest BCUT2D eigenvalue weighted by atomic mass is 9.93. The van der Waals surface area contributed by atoms with E-state index in [1.165, 1.54) is 11.1 Å². The Hall–Kier alpha value is -1.02. The lowest BCUT2D eigenvalue weighted by molar-refractivity contribution is 0.407. The molecule has 0 saturated carbocycles. The Labute approximate surface area is 105 Å². The number of hydrogen-bond donors (Lipinski definition) is 1. The fraction of sp³-hybridized carbons (Fsp3) is 0.600. The van der Waals surface area contributed by atoms with Gasteiger partial charge in [-0.15, -0.1) is 0 Å². The van der Waals surface area contributed by atoms with Gasteiger partial charge in [-0.25, -0.2) is 0 Å². The lowest BCUT2D eigenvalue weighted by Gasteiger charge is -2.19. The Balaban J connectivity index is 2.85. The molecule has 0 amide bonds.